The average Bonchev–Trinajstić information content (AvgIpc) is 3.14. The summed E-state index contributed by atoms with van der Waals surface area (Å²) in [7, 11) is 0. The molecular formula is C16H21N3O2. The van der Waals surface area contributed by atoms with E-state index >= 15 is 0 Å². The van der Waals surface area contributed by atoms with Gasteiger partial charge in [0.25, 0.3) is 0 Å². The maximum Gasteiger partial charge on any atom is 0.0940 e. The molecular weight excluding hydrogens is 266 g/mol. The summed E-state index contributed by atoms with van der Waals surface area (Å²) in [6, 6.07) is 6.10. The van der Waals surface area contributed by atoms with E-state index in [1.807, 2.05) is 29.0 Å². The van der Waals surface area contributed by atoms with Gasteiger partial charge in [0.05, 0.1) is 23.9 Å². The molecule has 3 unspecified atom stereocenters. The summed E-state index contributed by atoms with van der Waals surface area (Å²) in [6.07, 6.45) is 6.85. The van der Waals surface area contributed by atoms with Gasteiger partial charge in [-0.3, -0.25) is 0 Å². The zero-order chi connectivity index (χ0) is 14.3. The lowest BCUT2D eigenvalue weighted by Gasteiger charge is -2.39. The van der Waals surface area contributed by atoms with Crippen LogP contribution >= 0.6 is 0 Å². The lowest BCUT2D eigenvalue weighted by atomic mass is 9.79. The van der Waals surface area contributed by atoms with E-state index in [0.29, 0.717) is 12.5 Å². The molecule has 0 amide bonds. The largest absolute Gasteiger partial charge is 0.378 e. The molecule has 2 aliphatic rings. The van der Waals surface area contributed by atoms with Crippen molar-refractivity contribution in [3.05, 3.63) is 36.2 Å². The van der Waals surface area contributed by atoms with Crippen molar-refractivity contribution in [1.29, 1.82) is 0 Å². The van der Waals surface area contributed by atoms with E-state index in [2.05, 4.69) is 11.2 Å². The Labute approximate surface area is 124 Å². The fraction of sp³-hybridized carbons (Fsp3) is 0.562. The molecule has 4 rings (SSSR count). The summed E-state index contributed by atoms with van der Waals surface area (Å²) >= 11 is 0. The van der Waals surface area contributed by atoms with Gasteiger partial charge in [0, 0.05) is 37.4 Å². The van der Waals surface area contributed by atoms with E-state index in [-0.39, 0.29) is 11.6 Å². The van der Waals surface area contributed by atoms with E-state index in [9.17, 15) is 0 Å². The second-order valence-electron chi connectivity index (χ2n) is 6.24. The van der Waals surface area contributed by atoms with Crippen LogP contribution in [0, 0.1) is 5.92 Å². The minimum absolute atomic E-state index is 0.00581. The fourth-order valence-corrected chi connectivity index (χ4v) is 3.70. The second kappa shape index (κ2) is 5.09. The molecule has 0 aromatic carbocycles. The third-order valence-corrected chi connectivity index (χ3v) is 4.92. The highest BCUT2D eigenvalue weighted by molar-refractivity contribution is 5.54. The standard InChI is InChI=1S/C16H21N3O2/c17-15(13-10-18-19-6-2-1-3-14(13)19)12-4-7-21-16(9-12)5-8-20-11-16/h1-3,6,10,12,15H,4-5,7-9,11,17H2. The lowest BCUT2D eigenvalue weighted by Crippen LogP contribution is -2.43. The molecule has 0 aliphatic carbocycles. The maximum absolute atomic E-state index is 6.58. The Morgan fingerprint density at radius 1 is 1.38 bits per heavy atom. The highest BCUT2D eigenvalue weighted by atomic mass is 16.6. The van der Waals surface area contributed by atoms with E-state index in [1.54, 1.807) is 0 Å². The maximum atomic E-state index is 6.58. The Bertz CT molecular complexity index is 633. The van der Waals surface area contributed by atoms with Crippen LogP contribution in [0.5, 0.6) is 0 Å². The summed E-state index contributed by atoms with van der Waals surface area (Å²) in [5.41, 5.74) is 8.73. The van der Waals surface area contributed by atoms with Gasteiger partial charge >= 0.3 is 0 Å². The van der Waals surface area contributed by atoms with Gasteiger partial charge in [-0.15, -0.1) is 0 Å². The first-order chi connectivity index (χ1) is 10.3. The zero-order valence-electron chi connectivity index (χ0n) is 12.1. The number of rotatable bonds is 2. The number of ether oxygens (including phenoxy) is 2. The number of hydrogen-bond donors (Lipinski definition) is 1. The molecule has 112 valence electrons. The summed E-state index contributed by atoms with van der Waals surface area (Å²) in [6.45, 7) is 2.30. The van der Waals surface area contributed by atoms with E-state index in [0.717, 1.165) is 43.6 Å². The molecule has 2 saturated heterocycles. The summed E-state index contributed by atoms with van der Waals surface area (Å²) in [5, 5.41) is 4.40. The molecule has 2 aromatic rings. The molecule has 1 spiro atoms. The van der Waals surface area contributed by atoms with Crippen molar-refractivity contribution in [3.8, 4) is 0 Å². The molecule has 4 heterocycles. The molecule has 0 bridgehead atoms. The predicted molar refractivity (Wildman–Crippen MR) is 79.0 cm³/mol. The van der Waals surface area contributed by atoms with E-state index in [1.165, 1.54) is 0 Å². The summed E-state index contributed by atoms with van der Waals surface area (Å²) in [5.74, 6) is 0.425. The molecule has 21 heavy (non-hydrogen) atoms. The van der Waals surface area contributed by atoms with Gasteiger partial charge in [-0.2, -0.15) is 5.10 Å². The number of pyridine rings is 1. The van der Waals surface area contributed by atoms with Crippen molar-refractivity contribution in [2.45, 2.75) is 30.9 Å². The van der Waals surface area contributed by atoms with E-state index in [4.69, 9.17) is 15.2 Å². The molecule has 0 saturated carbocycles. The highest BCUT2D eigenvalue weighted by Crippen LogP contribution is 2.40. The Hall–Kier alpha value is -1.43. The zero-order valence-corrected chi connectivity index (χ0v) is 12.1. The van der Waals surface area contributed by atoms with Crippen molar-refractivity contribution in [1.82, 2.24) is 9.61 Å². The van der Waals surface area contributed by atoms with Crippen molar-refractivity contribution in [2.24, 2.45) is 11.7 Å². The number of hydrogen-bond acceptors (Lipinski definition) is 4. The van der Waals surface area contributed by atoms with Gasteiger partial charge in [-0.1, -0.05) is 6.07 Å². The summed E-state index contributed by atoms with van der Waals surface area (Å²) < 4.78 is 13.4. The molecule has 3 atom stereocenters. The van der Waals surface area contributed by atoms with Gasteiger partial charge in [0.2, 0.25) is 0 Å². The first-order valence-electron chi connectivity index (χ1n) is 7.67. The van der Waals surface area contributed by atoms with Crippen LogP contribution in [0.15, 0.2) is 30.6 Å². The molecule has 2 N–H and O–H groups in total. The van der Waals surface area contributed by atoms with Crippen LogP contribution in [0.1, 0.15) is 30.9 Å². The molecule has 2 fully saturated rings. The molecule has 0 radical (unpaired) electrons. The van der Waals surface area contributed by atoms with Crippen LogP contribution in [0.2, 0.25) is 0 Å². The smallest absolute Gasteiger partial charge is 0.0940 e. The number of nitrogens with two attached hydrogens (primary N) is 1. The van der Waals surface area contributed by atoms with Crippen LogP contribution in [0.3, 0.4) is 0 Å². The second-order valence-corrected chi connectivity index (χ2v) is 6.24. The third kappa shape index (κ3) is 2.25. The van der Waals surface area contributed by atoms with Crippen molar-refractivity contribution in [3.63, 3.8) is 0 Å². The van der Waals surface area contributed by atoms with Crippen LogP contribution in [0.4, 0.5) is 0 Å². The number of fused-ring (bicyclic) bond motifs is 1. The molecule has 2 aliphatic heterocycles. The monoisotopic (exact) mass is 287 g/mol. The van der Waals surface area contributed by atoms with Gasteiger partial charge < -0.3 is 15.2 Å². The van der Waals surface area contributed by atoms with Crippen LogP contribution in [-0.4, -0.2) is 35.0 Å². The Morgan fingerprint density at radius 2 is 2.33 bits per heavy atom. The van der Waals surface area contributed by atoms with Gasteiger partial charge in [0.15, 0.2) is 0 Å². The van der Waals surface area contributed by atoms with Crippen molar-refractivity contribution in [2.75, 3.05) is 19.8 Å². The Kier molecular flexibility index (Phi) is 3.21. The third-order valence-electron chi connectivity index (χ3n) is 4.92. The van der Waals surface area contributed by atoms with Crippen LogP contribution < -0.4 is 5.73 Å². The first kappa shape index (κ1) is 13.2. The Balaban J connectivity index is 1.60. The minimum atomic E-state index is -0.0937. The first-order valence-corrected chi connectivity index (χ1v) is 7.67. The van der Waals surface area contributed by atoms with E-state index < -0.39 is 0 Å². The van der Waals surface area contributed by atoms with Gasteiger partial charge in [0.1, 0.15) is 0 Å². The van der Waals surface area contributed by atoms with Crippen LogP contribution in [0.25, 0.3) is 5.52 Å². The normalized spacial score (nSPS) is 31.0. The highest BCUT2D eigenvalue weighted by Gasteiger charge is 2.42. The molecule has 5 nitrogen and oxygen atoms in total. The van der Waals surface area contributed by atoms with Crippen molar-refractivity contribution >= 4 is 5.52 Å². The van der Waals surface area contributed by atoms with Gasteiger partial charge in [-0.25, -0.2) is 4.52 Å². The Morgan fingerprint density at radius 3 is 3.19 bits per heavy atom. The van der Waals surface area contributed by atoms with Crippen LogP contribution in [-0.2, 0) is 9.47 Å². The van der Waals surface area contributed by atoms with Crippen molar-refractivity contribution < 1.29 is 9.47 Å². The SMILES string of the molecule is NC(c1cnn2ccccc12)C1CCOC2(CCOC2)C1. The number of nitrogens with zero attached hydrogens (tertiary/aromatic N) is 2. The average molecular weight is 287 g/mol. The topological polar surface area (TPSA) is 61.8 Å². The minimum Gasteiger partial charge on any atom is -0.378 e. The lowest BCUT2D eigenvalue weighted by molar-refractivity contribution is -0.101. The summed E-state index contributed by atoms with van der Waals surface area (Å²) in [4.78, 5) is 0. The van der Waals surface area contributed by atoms with Gasteiger partial charge in [-0.05, 0) is 30.9 Å². The fourth-order valence-electron chi connectivity index (χ4n) is 3.70. The molecule has 2 aromatic heterocycles. The molecule has 5 heteroatoms. The quantitative estimate of drug-likeness (QED) is 0.916. The predicted octanol–water partition coefficient (Wildman–Crippen LogP) is 1.92. The number of aromatic nitrogens is 2.